The number of halogens is 1. The van der Waals surface area contributed by atoms with Crippen molar-refractivity contribution < 1.29 is 15.0 Å². The minimum atomic E-state index is -1.71. The third kappa shape index (κ3) is 2.06. The molecule has 1 rings (SSSR count). The van der Waals surface area contributed by atoms with Crippen molar-refractivity contribution in [2.45, 2.75) is 0 Å². The van der Waals surface area contributed by atoms with E-state index in [-0.39, 0.29) is 15.6 Å². The highest BCUT2D eigenvalue weighted by molar-refractivity contribution is 9.10. The van der Waals surface area contributed by atoms with Gasteiger partial charge in [-0.2, -0.15) is 0 Å². The van der Waals surface area contributed by atoms with Crippen LogP contribution in [0.5, 0.6) is 0 Å². The van der Waals surface area contributed by atoms with Crippen molar-refractivity contribution in [2.24, 2.45) is 0 Å². The zero-order valence-electron chi connectivity index (χ0n) is 6.35. The molecule has 0 fully saturated rings. The van der Waals surface area contributed by atoms with Gasteiger partial charge in [0, 0.05) is 11.5 Å². The van der Waals surface area contributed by atoms with Gasteiger partial charge in [0.25, 0.3) is 5.69 Å². The normalized spacial score (nSPS) is 9.77. The summed E-state index contributed by atoms with van der Waals surface area (Å²) in [6.07, 6.45) is 0. The molecule has 1 aromatic carbocycles. The Bertz CT molecular complexity index is 343. The van der Waals surface area contributed by atoms with E-state index in [1.807, 2.05) is 0 Å². The first-order chi connectivity index (χ1) is 6.04. The van der Waals surface area contributed by atoms with Gasteiger partial charge < -0.3 is 10.0 Å². The second-order valence-corrected chi connectivity index (χ2v) is 3.10. The smallest absolute Gasteiger partial charge is 0.423 e. The van der Waals surface area contributed by atoms with E-state index >= 15 is 0 Å². The number of nitro benzene ring substituents is 1. The molecule has 0 aliphatic carbocycles. The van der Waals surface area contributed by atoms with Crippen LogP contribution < -0.4 is 5.46 Å². The maximum atomic E-state index is 10.4. The Kier molecular flexibility index (Phi) is 3.02. The van der Waals surface area contributed by atoms with Gasteiger partial charge in [0.2, 0.25) is 0 Å². The van der Waals surface area contributed by atoms with Gasteiger partial charge in [-0.15, -0.1) is 0 Å². The zero-order chi connectivity index (χ0) is 10.0. The minimum absolute atomic E-state index is 0.0780. The van der Waals surface area contributed by atoms with E-state index in [2.05, 4.69) is 15.9 Å². The van der Waals surface area contributed by atoms with E-state index in [1.54, 1.807) is 0 Å². The largest absolute Gasteiger partial charge is 0.489 e. The van der Waals surface area contributed by atoms with Gasteiger partial charge in [-0.05, 0) is 15.9 Å². The summed E-state index contributed by atoms with van der Waals surface area (Å²) >= 11 is 2.92. The number of hydrogen-bond acceptors (Lipinski definition) is 4. The average Bonchev–Trinajstić information content (AvgIpc) is 2.03. The van der Waals surface area contributed by atoms with Crippen LogP contribution in [0.4, 0.5) is 5.69 Å². The van der Waals surface area contributed by atoms with Crippen LogP contribution in [0.25, 0.3) is 0 Å². The number of hydrogen-bond donors (Lipinski definition) is 2. The minimum Gasteiger partial charge on any atom is -0.423 e. The summed E-state index contributed by atoms with van der Waals surface area (Å²) in [5, 5.41) is 28.0. The molecule has 0 unspecified atom stereocenters. The average molecular weight is 246 g/mol. The van der Waals surface area contributed by atoms with E-state index in [1.165, 1.54) is 18.2 Å². The van der Waals surface area contributed by atoms with E-state index in [4.69, 9.17) is 10.0 Å². The lowest BCUT2D eigenvalue weighted by Crippen LogP contribution is -2.31. The molecular formula is C6H5BBrNO4. The Morgan fingerprint density at radius 1 is 1.46 bits per heavy atom. The summed E-state index contributed by atoms with van der Waals surface area (Å²) in [7, 11) is -1.71. The summed E-state index contributed by atoms with van der Waals surface area (Å²) in [6.45, 7) is 0. The zero-order valence-corrected chi connectivity index (χ0v) is 7.93. The van der Waals surface area contributed by atoms with Crippen LogP contribution in [0.15, 0.2) is 22.7 Å². The lowest BCUT2D eigenvalue weighted by molar-refractivity contribution is -0.385. The quantitative estimate of drug-likeness (QED) is 0.438. The Labute approximate surface area is 82.4 Å². The van der Waals surface area contributed by atoms with Crippen LogP contribution in [-0.2, 0) is 0 Å². The van der Waals surface area contributed by atoms with Crippen molar-refractivity contribution >= 4 is 34.2 Å². The first-order valence-electron chi connectivity index (χ1n) is 3.33. The third-order valence-corrected chi connectivity index (χ3v) is 2.35. The molecule has 13 heavy (non-hydrogen) atoms. The highest BCUT2D eigenvalue weighted by atomic mass is 79.9. The van der Waals surface area contributed by atoms with Crippen molar-refractivity contribution in [1.82, 2.24) is 0 Å². The van der Waals surface area contributed by atoms with Crippen molar-refractivity contribution in [3.05, 3.63) is 32.8 Å². The highest BCUT2D eigenvalue weighted by Crippen LogP contribution is 2.21. The molecule has 0 heterocycles. The molecule has 5 nitrogen and oxygen atoms in total. The van der Waals surface area contributed by atoms with Crippen LogP contribution in [0.2, 0.25) is 0 Å². The lowest BCUT2D eigenvalue weighted by atomic mass is 9.80. The summed E-state index contributed by atoms with van der Waals surface area (Å²) in [6, 6.07) is 4.05. The first-order valence-corrected chi connectivity index (χ1v) is 4.12. The summed E-state index contributed by atoms with van der Waals surface area (Å²) in [4.78, 5) is 9.81. The Balaban J connectivity index is 3.26. The van der Waals surface area contributed by atoms with E-state index in [9.17, 15) is 10.1 Å². The number of nitrogens with zero attached hydrogens (tertiary/aromatic N) is 1. The Hall–Kier alpha value is -0.915. The predicted molar refractivity (Wildman–Crippen MR) is 50.6 cm³/mol. The highest BCUT2D eigenvalue weighted by Gasteiger charge is 2.21. The second kappa shape index (κ2) is 3.86. The maximum Gasteiger partial charge on any atom is 0.489 e. The fraction of sp³-hybridized carbons (Fsp3) is 0. The SMILES string of the molecule is O=[N+]([O-])c1cccc(B(O)O)c1Br. The monoisotopic (exact) mass is 245 g/mol. The second-order valence-electron chi connectivity index (χ2n) is 2.31. The van der Waals surface area contributed by atoms with Gasteiger partial charge in [0.05, 0.1) is 9.40 Å². The molecular weight excluding hydrogens is 241 g/mol. The molecule has 68 valence electrons. The molecule has 0 radical (unpaired) electrons. The van der Waals surface area contributed by atoms with Gasteiger partial charge in [0.15, 0.2) is 0 Å². The molecule has 0 saturated heterocycles. The molecule has 0 aromatic heterocycles. The maximum absolute atomic E-state index is 10.4. The molecule has 0 aliphatic heterocycles. The number of benzene rings is 1. The van der Waals surface area contributed by atoms with Crippen molar-refractivity contribution in [3.8, 4) is 0 Å². The first kappa shape index (κ1) is 10.2. The molecule has 0 bridgehead atoms. The van der Waals surface area contributed by atoms with Crippen molar-refractivity contribution in [1.29, 1.82) is 0 Å². The van der Waals surface area contributed by atoms with E-state index < -0.39 is 12.0 Å². The van der Waals surface area contributed by atoms with Gasteiger partial charge in [-0.3, -0.25) is 10.1 Å². The van der Waals surface area contributed by atoms with Crippen LogP contribution in [0, 0.1) is 10.1 Å². The topological polar surface area (TPSA) is 83.6 Å². The number of rotatable bonds is 2. The van der Waals surface area contributed by atoms with E-state index in [0.29, 0.717) is 0 Å². The molecule has 0 amide bonds. The van der Waals surface area contributed by atoms with Gasteiger partial charge in [-0.25, -0.2) is 0 Å². The summed E-state index contributed by atoms with van der Waals surface area (Å²) in [5.74, 6) is 0. The van der Waals surface area contributed by atoms with Crippen LogP contribution in [0.1, 0.15) is 0 Å². The van der Waals surface area contributed by atoms with Gasteiger partial charge in [0.1, 0.15) is 0 Å². The fourth-order valence-corrected chi connectivity index (χ4v) is 1.49. The van der Waals surface area contributed by atoms with Crippen molar-refractivity contribution in [3.63, 3.8) is 0 Å². The molecule has 2 N–H and O–H groups in total. The van der Waals surface area contributed by atoms with Crippen molar-refractivity contribution in [2.75, 3.05) is 0 Å². The molecule has 0 aliphatic rings. The van der Waals surface area contributed by atoms with Crippen LogP contribution >= 0.6 is 15.9 Å². The van der Waals surface area contributed by atoms with Gasteiger partial charge >= 0.3 is 7.12 Å². The Morgan fingerprint density at radius 2 is 2.08 bits per heavy atom. The van der Waals surface area contributed by atoms with Crippen LogP contribution in [0.3, 0.4) is 0 Å². The molecule has 1 aromatic rings. The predicted octanol–water partition coefficient (Wildman–Crippen LogP) is 0.0371. The Morgan fingerprint density at radius 3 is 2.54 bits per heavy atom. The molecule has 0 spiro atoms. The molecule has 0 atom stereocenters. The lowest BCUT2D eigenvalue weighted by Gasteiger charge is -2.02. The third-order valence-electron chi connectivity index (χ3n) is 1.48. The summed E-state index contributed by atoms with van der Waals surface area (Å²) in [5.41, 5.74) is -0.111. The van der Waals surface area contributed by atoms with Crippen LogP contribution in [-0.4, -0.2) is 22.1 Å². The van der Waals surface area contributed by atoms with Gasteiger partial charge in [-0.1, -0.05) is 12.1 Å². The number of nitro groups is 1. The molecule has 7 heteroatoms. The molecule has 0 saturated carbocycles. The van der Waals surface area contributed by atoms with E-state index in [0.717, 1.165) is 0 Å². The standard InChI is InChI=1S/C6H5BBrNO4/c8-6-4(7(10)11)2-1-3-5(6)9(12)13/h1-3,10-11H. The fourth-order valence-electron chi connectivity index (χ4n) is 0.878. The summed E-state index contributed by atoms with van der Waals surface area (Å²) < 4.78 is 0.0926.